The van der Waals surface area contributed by atoms with Gasteiger partial charge in [-0.25, -0.2) is 9.97 Å². The van der Waals surface area contributed by atoms with Gasteiger partial charge in [0.1, 0.15) is 11.8 Å². The minimum absolute atomic E-state index is 0.106. The molecule has 1 aliphatic heterocycles. The van der Waals surface area contributed by atoms with Crippen molar-refractivity contribution in [2.24, 2.45) is 0 Å². The highest BCUT2D eigenvalue weighted by atomic mass is 35.5. The molecule has 0 unspecified atom stereocenters. The van der Waals surface area contributed by atoms with Gasteiger partial charge in [0, 0.05) is 17.6 Å². The third kappa shape index (κ3) is 2.77. The third-order valence-electron chi connectivity index (χ3n) is 3.39. The predicted octanol–water partition coefficient (Wildman–Crippen LogP) is 2.15. The number of hydrogen-bond acceptors (Lipinski definition) is 5. The average molecular weight is 280 g/mol. The van der Waals surface area contributed by atoms with E-state index in [1.54, 1.807) is 12.1 Å². The molecule has 0 radical (unpaired) electrons. The van der Waals surface area contributed by atoms with E-state index < -0.39 is 0 Å². The zero-order valence-electron chi connectivity index (χ0n) is 11.6. The highest BCUT2D eigenvalue weighted by Gasteiger charge is 2.21. The lowest BCUT2D eigenvalue weighted by atomic mass is 10.2. The van der Waals surface area contributed by atoms with E-state index >= 15 is 0 Å². The Hall–Kier alpha value is -1.46. The SMILES string of the molecule is [2H]c1nc(OC[C@@H]2CCCN2C)nc2nc(Cl)ccc12. The maximum Gasteiger partial charge on any atom is 0.318 e. The van der Waals surface area contributed by atoms with Crippen LogP contribution in [0.2, 0.25) is 5.15 Å². The number of nitrogens with zero attached hydrogens (tertiary/aromatic N) is 4. The fourth-order valence-electron chi connectivity index (χ4n) is 2.25. The Labute approximate surface area is 118 Å². The Balaban J connectivity index is 1.81. The Morgan fingerprint density at radius 1 is 1.53 bits per heavy atom. The van der Waals surface area contributed by atoms with Crippen LogP contribution in [0.5, 0.6) is 6.01 Å². The van der Waals surface area contributed by atoms with Crippen LogP contribution < -0.4 is 4.74 Å². The van der Waals surface area contributed by atoms with E-state index in [9.17, 15) is 0 Å². The number of likely N-dealkylation sites (tertiary alicyclic amines) is 1. The molecule has 5 nitrogen and oxygen atoms in total. The fraction of sp³-hybridized carbons (Fsp3) is 0.462. The van der Waals surface area contributed by atoms with Gasteiger partial charge in [-0.2, -0.15) is 4.98 Å². The van der Waals surface area contributed by atoms with Crippen LogP contribution >= 0.6 is 11.6 Å². The second-order valence-electron chi connectivity index (χ2n) is 4.71. The van der Waals surface area contributed by atoms with E-state index in [0.29, 0.717) is 28.8 Å². The van der Waals surface area contributed by atoms with E-state index in [1.165, 1.54) is 6.42 Å². The quantitative estimate of drug-likeness (QED) is 0.806. The number of halogens is 1. The summed E-state index contributed by atoms with van der Waals surface area (Å²) in [5, 5.41) is 0.914. The van der Waals surface area contributed by atoms with Gasteiger partial charge in [-0.3, -0.25) is 0 Å². The van der Waals surface area contributed by atoms with Crippen LogP contribution in [0.3, 0.4) is 0 Å². The van der Waals surface area contributed by atoms with Crippen LogP contribution in [0.4, 0.5) is 0 Å². The molecule has 100 valence electrons. The Kier molecular flexibility index (Phi) is 3.15. The summed E-state index contributed by atoms with van der Waals surface area (Å²) in [6.07, 6.45) is 2.40. The first-order valence-electron chi connectivity index (χ1n) is 6.77. The van der Waals surface area contributed by atoms with E-state index in [1.807, 2.05) is 0 Å². The van der Waals surface area contributed by atoms with E-state index in [2.05, 4.69) is 26.9 Å². The minimum Gasteiger partial charge on any atom is -0.462 e. The number of hydrogen-bond donors (Lipinski definition) is 0. The number of rotatable bonds is 3. The first kappa shape index (κ1) is 11.4. The average Bonchev–Trinajstić information content (AvgIpc) is 2.81. The van der Waals surface area contributed by atoms with Crippen molar-refractivity contribution in [2.75, 3.05) is 20.2 Å². The van der Waals surface area contributed by atoms with Gasteiger partial charge < -0.3 is 9.64 Å². The minimum atomic E-state index is 0.106. The number of pyridine rings is 1. The summed E-state index contributed by atoms with van der Waals surface area (Å²) in [5.41, 5.74) is 0.396. The number of aromatic nitrogens is 3. The Morgan fingerprint density at radius 2 is 2.42 bits per heavy atom. The predicted molar refractivity (Wildman–Crippen MR) is 73.5 cm³/mol. The van der Waals surface area contributed by atoms with Crippen LogP contribution in [0, 0.1) is 0 Å². The van der Waals surface area contributed by atoms with Crippen LogP contribution in [0.25, 0.3) is 11.0 Å². The smallest absolute Gasteiger partial charge is 0.318 e. The molecule has 3 rings (SSSR count). The highest BCUT2D eigenvalue weighted by Crippen LogP contribution is 2.17. The fourth-order valence-corrected chi connectivity index (χ4v) is 2.39. The Morgan fingerprint density at radius 3 is 3.21 bits per heavy atom. The zero-order valence-corrected chi connectivity index (χ0v) is 11.4. The molecule has 19 heavy (non-hydrogen) atoms. The van der Waals surface area contributed by atoms with Crippen LogP contribution in [-0.4, -0.2) is 46.1 Å². The molecule has 2 aromatic rings. The molecule has 3 heterocycles. The van der Waals surface area contributed by atoms with E-state index in [-0.39, 0.29) is 12.2 Å². The molecule has 1 atom stereocenters. The van der Waals surface area contributed by atoms with Crippen molar-refractivity contribution in [3.05, 3.63) is 23.5 Å². The molecule has 0 amide bonds. The van der Waals surface area contributed by atoms with E-state index in [0.717, 1.165) is 13.0 Å². The summed E-state index contributed by atoms with van der Waals surface area (Å²) in [7, 11) is 2.08. The van der Waals surface area contributed by atoms with Gasteiger partial charge in [-0.15, -0.1) is 0 Å². The van der Waals surface area contributed by atoms with Gasteiger partial charge >= 0.3 is 6.01 Å². The molecule has 0 aliphatic carbocycles. The lowest BCUT2D eigenvalue weighted by molar-refractivity contribution is 0.188. The number of fused-ring (bicyclic) bond motifs is 1. The molecule has 6 heteroatoms. The number of ether oxygens (including phenoxy) is 1. The molecular weight excluding hydrogens is 264 g/mol. The van der Waals surface area contributed by atoms with E-state index in [4.69, 9.17) is 17.7 Å². The second kappa shape index (κ2) is 5.27. The monoisotopic (exact) mass is 279 g/mol. The maximum atomic E-state index is 7.88. The van der Waals surface area contributed by atoms with Gasteiger partial charge in [-0.05, 0) is 38.6 Å². The molecular formula is C13H15ClN4O. The molecule has 0 saturated carbocycles. The van der Waals surface area contributed by atoms with Crippen molar-refractivity contribution in [3.8, 4) is 6.01 Å². The van der Waals surface area contributed by atoms with Gasteiger partial charge in [0.15, 0.2) is 5.65 Å². The summed E-state index contributed by atoms with van der Waals surface area (Å²) >= 11 is 5.84. The highest BCUT2D eigenvalue weighted by molar-refractivity contribution is 6.29. The lowest BCUT2D eigenvalue weighted by Gasteiger charge is -2.18. The van der Waals surface area contributed by atoms with Gasteiger partial charge in [0.2, 0.25) is 0 Å². The standard InChI is InChI=1S/C13H15ClN4O/c1-18-6-2-3-10(18)8-19-13-15-7-9-4-5-11(14)16-12(9)17-13/h4-5,7,10H,2-3,6,8H2,1H3/t10-/m0/s1/i7D. The van der Waals surface area contributed by atoms with Crippen LogP contribution in [0.15, 0.2) is 18.3 Å². The van der Waals surface area contributed by atoms with Crippen molar-refractivity contribution in [3.63, 3.8) is 0 Å². The topological polar surface area (TPSA) is 51.1 Å². The largest absolute Gasteiger partial charge is 0.462 e. The summed E-state index contributed by atoms with van der Waals surface area (Å²) in [5.74, 6) is 0. The lowest BCUT2D eigenvalue weighted by Crippen LogP contribution is -2.30. The first-order chi connectivity index (χ1) is 9.63. The van der Waals surface area contributed by atoms with Crippen LogP contribution in [0.1, 0.15) is 14.2 Å². The maximum absolute atomic E-state index is 7.88. The molecule has 0 N–H and O–H groups in total. The molecule has 1 aliphatic rings. The molecule has 2 aromatic heterocycles. The molecule has 1 saturated heterocycles. The first-order valence-corrected chi connectivity index (χ1v) is 6.65. The summed E-state index contributed by atoms with van der Waals surface area (Å²) in [4.78, 5) is 14.6. The second-order valence-corrected chi connectivity index (χ2v) is 5.10. The van der Waals surface area contributed by atoms with Gasteiger partial charge in [-0.1, -0.05) is 11.6 Å². The van der Waals surface area contributed by atoms with Gasteiger partial charge in [0.05, 0.1) is 1.37 Å². The molecule has 0 bridgehead atoms. The van der Waals surface area contributed by atoms with Crippen molar-refractivity contribution in [2.45, 2.75) is 18.9 Å². The van der Waals surface area contributed by atoms with Gasteiger partial charge in [0.25, 0.3) is 0 Å². The third-order valence-corrected chi connectivity index (χ3v) is 3.60. The molecule has 1 fully saturated rings. The summed E-state index contributed by atoms with van der Waals surface area (Å²) in [6.45, 7) is 1.62. The number of likely N-dealkylation sites (N-methyl/N-ethyl adjacent to an activating group) is 1. The normalized spacial score (nSPS) is 20.7. The van der Waals surface area contributed by atoms with Crippen molar-refractivity contribution >= 4 is 22.6 Å². The summed E-state index contributed by atoms with van der Waals surface area (Å²) in [6, 6.07) is 3.90. The van der Waals surface area contributed by atoms with Crippen molar-refractivity contribution in [1.82, 2.24) is 19.9 Å². The summed E-state index contributed by atoms with van der Waals surface area (Å²) < 4.78 is 13.5. The zero-order chi connectivity index (χ0) is 14.1. The van der Waals surface area contributed by atoms with Crippen molar-refractivity contribution < 1.29 is 6.11 Å². The van der Waals surface area contributed by atoms with Crippen molar-refractivity contribution in [1.29, 1.82) is 0 Å². The Bertz CT molecular complexity index is 639. The molecule has 0 spiro atoms. The van der Waals surface area contributed by atoms with Crippen LogP contribution in [-0.2, 0) is 0 Å². The molecule has 0 aromatic carbocycles.